The highest BCUT2D eigenvalue weighted by molar-refractivity contribution is 7.94. The molecule has 6 rings (SSSR count). The van der Waals surface area contributed by atoms with Crippen LogP contribution in [0.2, 0.25) is 0 Å². The normalized spacial score (nSPS) is 26.7. The summed E-state index contributed by atoms with van der Waals surface area (Å²) in [5.74, 6) is -9.77. The molecule has 0 spiro atoms. The van der Waals surface area contributed by atoms with Crippen molar-refractivity contribution in [3.05, 3.63) is 46.8 Å². The second-order valence-electron chi connectivity index (χ2n) is 10.8. The number of rotatable bonds is 7. The molecule has 4 heterocycles. The Labute approximate surface area is 231 Å². The largest absolute Gasteiger partial charge is 0.356 e. The van der Waals surface area contributed by atoms with E-state index in [1.54, 1.807) is 0 Å². The number of benzene rings is 1. The van der Waals surface area contributed by atoms with E-state index in [4.69, 9.17) is 0 Å². The van der Waals surface area contributed by atoms with E-state index in [0.717, 1.165) is 23.1 Å². The Morgan fingerprint density at radius 3 is 2.51 bits per heavy atom. The third-order valence-corrected chi connectivity index (χ3v) is 8.92. The zero-order chi connectivity index (χ0) is 29.9. The molecule has 1 aromatic heterocycles. The fourth-order valence-corrected chi connectivity index (χ4v) is 6.51. The van der Waals surface area contributed by atoms with Crippen LogP contribution in [-0.2, 0) is 19.4 Å². The Hall–Kier alpha value is -3.49. The Kier molecular flexibility index (Phi) is 7.37. The molecule has 1 aliphatic carbocycles. The SMILES string of the molecule is CS(=O)(=O)/C(F)=C\[C@H](C[C@H]1CCNC1=O)NC(=O)[C@H]1[C@@H]2CC[C@@H](CC2(F)F)N1C(=O)c1cc2c(F)ccc(F)c2[nH]1. The van der Waals surface area contributed by atoms with Crippen LogP contribution in [0.5, 0.6) is 0 Å². The number of carbonyl (C=O) groups excluding carboxylic acids is 3. The first kappa shape index (κ1) is 29.0. The molecule has 9 nitrogen and oxygen atoms in total. The summed E-state index contributed by atoms with van der Waals surface area (Å²) in [4.78, 5) is 42.8. The molecular weight excluding hydrogens is 575 g/mol. The number of aromatic nitrogens is 1. The minimum absolute atomic E-state index is 0.112. The van der Waals surface area contributed by atoms with Crippen LogP contribution < -0.4 is 10.6 Å². The van der Waals surface area contributed by atoms with Gasteiger partial charge in [0.05, 0.1) is 17.5 Å². The van der Waals surface area contributed by atoms with Crippen LogP contribution in [-0.4, -0.2) is 72.9 Å². The van der Waals surface area contributed by atoms with Crippen molar-refractivity contribution < 1.29 is 44.8 Å². The van der Waals surface area contributed by atoms with Gasteiger partial charge in [-0.1, -0.05) is 0 Å². The Morgan fingerprint density at radius 2 is 1.90 bits per heavy atom. The molecule has 4 fully saturated rings. The van der Waals surface area contributed by atoms with Gasteiger partial charge in [-0.15, -0.1) is 0 Å². The molecule has 2 bridgehead atoms. The molecule has 41 heavy (non-hydrogen) atoms. The van der Waals surface area contributed by atoms with Crippen LogP contribution in [0.3, 0.4) is 0 Å². The van der Waals surface area contributed by atoms with Gasteiger partial charge in [-0.2, -0.15) is 4.39 Å². The van der Waals surface area contributed by atoms with Crippen LogP contribution in [0.25, 0.3) is 10.9 Å². The van der Waals surface area contributed by atoms with Gasteiger partial charge in [-0.3, -0.25) is 14.4 Å². The van der Waals surface area contributed by atoms with Gasteiger partial charge in [0.25, 0.3) is 11.8 Å². The Morgan fingerprint density at radius 1 is 1.20 bits per heavy atom. The maximum Gasteiger partial charge on any atom is 0.271 e. The first-order valence-corrected chi connectivity index (χ1v) is 14.9. The maximum atomic E-state index is 15.1. The molecule has 3 saturated heterocycles. The zero-order valence-electron chi connectivity index (χ0n) is 21.7. The third-order valence-electron chi connectivity index (χ3n) is 8.07. The van der Waals surface area contributed by atoms with Crippen molar-refractivity contribution in [2.75, 3.05) is 12.8 Å². The number of nitrogens with one attached hydrogen (secondary N) is 3. The summed E-state index contributed by atoms with van der Waals surface area (Å²) in [5, 5.41) is 3.14. The van der Waals surface area contributed by atoms with Gasteiger partial charge in [-0.25, -0.2) is 26.0 Å². The Bertz CT molecular complexity index is 1520. The molecule has 1 saturated carbocycles. The van der Waals surface area contributed by atoms with Gasteiger partial charge in [0.2, 0.25) is 26.8 Å². The van der Waals surface area contributed by atoms with Gasteiger partial charge in [0.15, 0.2) is 0 Å². The number of halogens is 5. The summed E-state index contributed by atoms with van der Waals surface area (Å²) in [6.07, 6.45) is 0.618. The standard InChI is InChI=1S/C26H27F5N4O5S/c1-41(39,40)20(29)9-13(8-12-6-7-32-23(12)36)33-24(37)22-16-3-2-14(11-26(16,30)31)35(22)25(38)19-10-15-17(27)4-5-18(28)21(15)34-19/h4-5,9-10,12-14,16,22,34H,2-3,6-8,11H2,1H3,(H,32,36)(H,33,37)/b20-9-/t12-,13+,14+,16+,22-/m1/s1. The number of amides is 3. The van der Waals surface area contributed by atoms with Gasteiger partial charge in [-0.05, 0) is 50.0 Å². The minimum Gasteiger partial charge on any atom is -0.356 e. The van der Waals surface area contributed by atoms with E-state index in [9.17, 15) is 36.0 Å². The van der Waals surface area contributed by atoms with Crippen molar-refractivity contribution >= 4 is 38.5 Å². The van der Waals surface area contributed by atoms with Crippen molar-refractivity contribution in [3.8, 4) is 0 Å². The number of aromatic amines is 1. The summed E-state index contributed by atoms with van der Waals surface area (Å²) in [6.45, 7) is 0.314. The fraction of sp³-hybridized carbons (Fsp3) is 0.500. The van der Waals surface area contributed by atoms with Gasteiger partial charge in [0.1, 0.15) is 23.4 Å². The van der Waals surface area contributed by atoms with Crippen molar-refractivity contribution in [1.82, 2.24) is 20.5 Å². The highest BCUT2D eigenvalue weighted by atomic mass is 32.2. The number of piperidine rings is 2. The molecule has 3 amide bonds. The number of H-pyrrole nitrogens is 1. The minimum atomic E-state index is -4.32. The first-order chi connectivity index (χ1) is 19.2. The van der Waals surface area contributed by atoms with Crippen molar-refractivity contribution in [1.29, 1.82) is 0 Å². The third kappa shape index (κ3) is 5.43. The molecule has 0 unspecified atom stereocenters. The lowest BCUT2D eigenvalue weighted by Gasteiger charge is -2.53. The Balaban J connectivity index is 1.49. The van der Waals surface area contributed by atoms with Gasteiger partial charge >= 0.3 is 0 Å². The van der Waals surface area contributed by atoms with Crippen LogP contribution >= 0.6 is 0 Å². The predicted octanol–water partition coefficient (Wildman–Crippen LogP) is 2.94. The molecule has 3 aliphatic heterocycles. The smallest absolute Gasteiger partial charge is 0.271 e. The molecule has 222 valence electrons. The number of sulfone groups is 1. The molecule has 0 radical (unpaired) electrons. The lowest BCUT2D eigenvalue weighted by Crippen LogP contribution is -2.68. The predicted molar refractivity (Wildman–Crippen MR) is 136 cm³/mol. The summed E-state index contributed by atoms with van der Waals surface area (Å²) in [6, 6.07) is -1.48. The molecule has 5 atom stereocenters. The van der Waals surface area contributed by atoms with Crippen LogP contribution in [0.4, 0.5) is 22.0 Å². The van der Waals surface area contributed by atoms with E-state index in [-0.39, 0.29) is 35.9 Å². The van der Waals surface area contributed by atoms with E-state index in [1.165, 1.54) is 0 Å². The molecule has 4 aliphatic rings. The molecule has 3 N–H and O–H groups in total. The highest BCUT2D eigenvalue weighted by Crippen LogP contribution is 2.49. The van der Waals surface area contributed by atoms with Crippen molar-refractivity contribution in [2.45, 2.75) is 56.2 Å². The van der Waals surface area contributed by atoms with Gasteiger partial charge in [0, 0.05) is 36.6 Å². The molecule has 2 aromatic rings. The van der Waals surface area contributed by atoms with E-state index in [0.29, 0.717) is 25.3 Å². The average Bonchev–Trinajstić information content (AvgIpc) is 3.52. The molecule has 15 heteroatoms. The van der Waals surface area contributed by atoms with E-state index in [2.05, 4.69) is 15.6 Å². The van der Waals surface area contributed by atoms with E-state index >= 15 is 8.78 Å². The fourth-order valence-electron chi connectivity index (χ4n) is 6.10. The number of hydrogen-bond donors (Lipinski definition) is 3. The number of fused-ring (bicyclic) bond motifs is 4. The number of nitrogens with zero attached hydrogens (tertiary/aromatic N) is 1. The monoisotopic (exact) mass is 602 g/mol. The van der Waals surface area contributed by atoms with Crippen LogP contribution in [0.15, 0.2) is 29.4 Å². The summed E-state index contributed by atoms with van der Waals surface area (Å²) in [7, 11) is -4.32. The second kappa shape index (κ2) is 10.4. The lowest BCUT2D eigenvalue weighted by atomic mass is 9.71. The zero-order valence-corrected chi connectivity index (χ0v) is 22.5. The number of alkyl halides is 2. The van der Waals surface area contributed by atoms with Crippen molar-refractivity contribution in [3.63, 3.8) is 0 Å². The first-order valence-electron chi connectivity index (χ1n) is 13.0. The summed E-state index contributed by atoms with van der Waals surface area (Å²) in [5.41, 5.74) is -0.627. The van der Waals surface area contributed by atoms with Crippen LogP contribution in [0.1, 0.15) is 42.6 Å². The summed E-state index contributed by atoms with van der Waals surface area (Å²) >= 11 is 0. The quantitative estimate of drug-likeness (QED) is 0.420. The number of carbonyl (C=O) groups is 3. The van der Waals surface area contributed by atoms with E-state index < -0.39 is 86.7 Å². The van der Waals surface area contributed by atoms with Crippen molar-refractivity contribution in [2.24, 2.45) is 11.8 Å². The van der Waals surface area contributed by atoms with E-state index in [1.807, 2.05) is 0 Å². The maximum absolute atomic E-state index is 15.1. The average molecular weight is 603 g/mol. The van der Waals surface area contributed by atoms with Crippen LogP contribution in [0, 0.1) is 23.5 Å². The highest BCUT2D eigenvalue weighted by Gasteiger charge is 2.60. The van der Waals surface area contributed by atoms with Gasteiger partial charge < -0.3 is 20.5 Å². The second-order valence-corrected chi connectivity index (χ2v) is 12.8. The summed E-state index contributed by atoms with van der Waals surface area (Å²) < 4.78 is 96.6. The number of hydrogen-bond acceptors (Lipinski definition) is 5. The lowest BCUT2D eigenvalue weighted by molar-refractivity contribution is -0.179. The topological polar surface area (TPSA) is 128 Å². The molecule has 1 aromatic carbocycles. The molecular formula is C26H27F5N4O5S.